The molecule has 0 fully saturated rings. The van der Waals surface area contributed by atoms with Crippen LogP contribution in [0.5, 0.6) is 0 Å². The fourth-order valence-corrected chi connectivity index (χ4v) is 2.30. The van der Waals surface area contributed by atoms with Crippen LogP contribution in [0.15, 0.2) is 48.8 Å². The lowest BCUT2D eigenvalue weighted by atomic mass is 10.1. The predicted octanol–water partition coefficient (Wildman–Crippen LogP) is 2.53. The molecule has 0 radical (unpaired) electrons. The normalized spacial score (nSPS) is 10.4. The van der Waals surface area contributed by atoms with E-state index in [0.717, 1.165) is 16.6 Å². The Balaban J connectivity index is 1.96. The van der Waals surface area contributed by atoms with Gasteiger partial charge in [0.05, 0.1) is 23.9 Å². The average molecular weight is 279 g/mol. The zero-order valence-corrected chi connectivity index (χ0v) is 11.4. The number of hydrogen-bond acceptors (Lipinski definition) is 2. The number of aromatic nitrogens is 2. The molecule has 0 aliphatic carbocycles. The van der Waals surface area contributed by atoms with Crippen molar-refractivity contribution in [2.24, 2.45) is 5.73 Å². The zero-order chi connectivity index (χ0) is 14.7. The second-order valence-corrected chi connectivity index (χ2v) is 4.72. The maximum atomic E-state index is 13.7. The van der Waals surface area contributed by atoms with Gasteiger partial charge in [0.15, 0.2) is 0 Å². The lowest BCUT2D eigenvalue weighted by Crippen LogP contribution is -1.99. The van der Waals surface area contributed by atoms with Crippen molar-refractivity contribution in [2.75, 3.05) is 6.54 Å². The highest BCUT2D eigenvalue weighted by atomic mass is 19.1. The lowest BCUT2D eigenvalue weighted by Gasteiger charge is -2.06. The quantitative estimate of drug-likeness (QED) is 0.733. The van der Waals surface area contributed by atoms with Crippen LogP contribution >= 0.6 is 0 Å². The van der Waals surface area contributed by atoms with Crippen molar-refractivity contribution in [3.8, 4) is 11.8 Å². The van der Waals surface area contributed by atoms with Gasteiger partial charge in [-0.05, 0) is 35.9 Å². The molecule has 3 aromatic rings. The van der Waals surface area contributed by atoms with Crippen LogP contribution in [0.25, 0.3) is 11.0 Å². The van der Waals surface area contributed by atoms with Gasteiger partial charge in [0.1, 0.15) is 5.82 Å². The summed E-state index contributed by atoms with van der Waals surface area (Å²) < 4.78 is 15.7. The van der Waals surface area contributed by atoms with E-state index in [9.17, 15) is 4.39 Å². The number of nitrogens with two attached hydrogens (primary N) is 1. The van der Waals surface area contributed by atoms with Gasteiger partial charge in [-0.3, -0.25) is 0 Å². The number of fused-ring (bicyclic) bond motifs is 1. The molecule has 0 bridgehead atoms. The molecule has 104 valence electrons. The van der Waals surface area contributed by atoms with Crippen LogP contribution in [0, 0.1) is 17.7 Å². The number of para-hydroxylation sites is 2. The smallest absolute Gasteiger partial charge is 0.124 e. The highest BCUT2D eigenvalue weighted by molar-refractivity contribution is 5.75. The van der Waals surface area contributed by atoms with Crippen LogP contribution in [-0.4, -0.2) is 16.1 Å². The van der Waals surface area contributed by atoms with Gasteiger partial charge >= 0.3 is 0 Å². The van der Waals surface area contributed by atoms with Crippen LogP contribution in [0.3, 0.4) is 0 Å². The van der Waals surface area contributed by atoms with Crippen LogP contribution in [0.4, 0.5) is 4.39 Å². The minimum atomic E-state index is -0.293. The van der Waals surface area contributed by atoms with E-state index in [1.54, 1.807) is 6.33 Å². The largest absolute Gasteiger partial charge is 0.326 e. The summed E-state index contributed by atoms with van der Waals surface area (Å²) in [5.41, 5.74) is 8.78. The van der Waals surface area contributed by atoms with E-state index in [1.807, 2.05) is 34.9 Å². The Hall–Kier alpha value is -2.64. The van der Waals surface area contributed by atoms with Crippen LogP contribution < -0.4 is 5.73 Å². The van der Waals surface area contributed by atoms with Gasteiger partial charge in [0.25, 0.3) is 0 Å². The van der Waals surface area contributed by atoms with Crippen LogP contribution in [-0.2, 0) is 6.54 Å². The van der Waals surface area contributed by atoms with Gasteiger partial charge in [-0.2, -0.15) is 0 Å². The first kappa shape index (κ1) is 13.3. The minimum Gasteiger partial charge on any atom is -0.326 e. The third-order valence-electron chi connectivity index (χ3n) is 3.17. The number of rotatable bonds is 2. The summed E-state index contributed by atoms with van der Waals surface area (Å²) in [7, 11) is 0. The average Bonchev–Trinajstić information content (AvgIpc) is 2.88. The molecule has 4 heteroatoms. The zero-order valence-electron chi connectivity index (χ0n) is 11.4. The first-order valence-electron chi connectivity index (χ1n) is 6.64. The topological polar surface area (TPSA) is 43.8 Å². The monoisotopic (exact) mass is 279 g/mol. The molecule has 0 aliphatic heterocycles. The van der Waals surface area contributed by atoms with E-state index in [1.165, 1.54) is 12.1 Å². The van der Waals surface area contributed by atoms with Gasteiger partial charge in [-0.15, -0.1) is 0 Å². The Kier molecular flexibility index (Phi) is 3.67. The summed E-state index contributed by atoms with van der Waals surface area (Å²) in [6.07, 6.45) is 1.76. The number of halogens is 1. The Bertz CT molecular complexity index is 840. The number of imidazole rings is 1. The van der Waals surface area contributed by atoms with Crippen molar-refractivity contribution in [1.82, 2.24) is 9.55 Å². The lowest BCUT2D eigenvalue weighted by molar-refractivity contribution is 0.623. The Labute approximate surface area is 122 Å². The summed E-state index contributed by atoms with van der Waals surface area (Å²) >= 11 is 0. The van der Waals surface area contributed by atoms with Gasteiger partial charge in [0, 0.05) is 12.1 Å². The SMILES string of the molecule is NCC#Cc1cc(F)cc(Cn2cnc3ccccc32)c1. The minimum absolute atomic E-state index is 0.262. The van der Waals surface area contributed by atoms with Crippen molar-refractivity contribution >= 4 is 11.0 Å². The van der Waals surface area contributed by atoms with E-state index >= 15 is 0 Å². The highest BCUT2D eigenvalue weighted by Crippen LogP contribution is 2.15. The van der Waals surface area contributed by atoms with Crippen molar-refractivity contribution in [3.05, 3.63) is 65.7 Å². The van der Waals surface area contributed by atoms with Crippen molar-refractivity contribution in [3.63, 3.8) is 0 Å². The molecule has 0 saturated carbocycles. The fourth-order valence-electron chi connectivity index (χ4n) is 2.30. The van der Waals surface area contributed by atoms with Crippen molar-refractivity contribution in [2.45, 2.75) is 6.54 Å². The number of hydrogen-bond donors (Lipinski definition) is 1. The molecular weight excluding hydrogens is 265 g/mol. The third kappa shape index (κ3) is 2.93. The molecule has 0 spiro atoms. The van der Waals surface area contributed by atoms with E-state index < -0.39 is 0 Å². The maximum Gasteiger partial charge on any atom is 0.124 e. The molecule has 2 aromatic carbocycles. The molecule has 1 aromatic heterocycles. The first-order valence-corrected chi connectivity index (χ1v) is 6.64. The van der Waals surface area contributed by atoms with Gasteiger partial charge in [-0.25, -0.2) is 9.37 Å². The molecule has 1 heterocycles. The number of nitrogens with zero attached hydrogens (tertiary/aromatic N) is 2. The van der Waals surface area contributed by atoms with E-state index in [4.69, 9.17) is 5.73 Å². The van der Waals surface area contributed by atoms with Gasteiger partial charge in [0.2, 0.25) is 0 Å². The summed E-state index contributed by atoms with van der Waals surface area (Å²) in [6, 6.07) is 12.7. The Morgan fingerprint density at radius 2 is 2.05 bits per heavy atom. The molecule has 3 nitrogen and oxygen atoms in total. The van der Waals surface area contributed by atoms with E-state index in [2.05, 4.69) is 16.8 Å². The van der Waals surface area contributed by atoms with Crippen LogP contribution in [0.1, 0.15) is 11.1 Å². The summed E-state index contributed by atoms with van der Waals surface area (Å²) in [5.74, 6) is 5.31. The Morgan fingerprint density at radius 1 is 1.19 bits per heavy atom. The molecule has 0 saturated heterocycles. The summed E-state index contributed by atoms with van der Waals surface area (Å²) in [6.45, 7) is 0.813. The maximum absolute atomic E-state index is 13.7. The Morgan fingerprint density at radius 3 is 2.90 bits per heavy atom. The standard InChI is InChI=1S/C17H14FN3/c18-15-9-13(4-3-7-19)8-14(10-15)11-21-12-20-16-5-1-2-6-17(16)21/h1-2,5-6,8-10,12H,7,11,19H2. The van der Waals surface area contributed by atoms with Crippen molar-refractivity contribution in [1.29, 1.82) is 0 Å². The van der Waals surface area contributed by atoms with E-state index in [0.29, 0.717) is 12.1 Å². The fraction of sp³-hybridized carbons (Fsp3) is 0.118. The third-order valence-corrected chi connectivity index (χ3v) is 3.17. The molecular formula is C17H14FN3. The van der Waals surface area contributed by atoms with Gasteiger partial charge in [-0.1, -0.05) is 24.0 Å². The molecule has 0 atom stereocenters. The van der Waals surface area contributed by atoms with Crippen molar-refractivity contribution < 1.29 is 4.39 Å². The second-order valence-electron chi connectivity index (χ2n) is 4.72. The highest BCUT2D eigenvalue weighted by Gasteiger charge is 2.04. The molecule has 21 heavy (non-hydrogen) atoms. The summed E-state index contributed by atoms with van der Waals surface area (Å²) in [4.78, 5) is 4.33. The van der Waals surface area contributed by atoms with Gasteiger partial charge < -0.3 is 10.3 Å². The first-order chi connectivity index (χ1) is 10.3. The second kappa shape index (κ2) is 5.78. The summed E-state index contributed by atoms with van der Waals surface area (Å²) in [5, 5.41) is 0. The predicted molar refractivity (Wildman–Crippen MR) is 81.2 cm³/mol. The molecule has 0 aliphatic rings. The van der Waals surface area contributed by atoms with Crippen LogP contribution in [0.2, 0.25) is 0 Å². The molecule has 3 rings (SSSR count). The molecule has 0 unspecified atom stereocenters. The van der Waals surface area contributed by atoms with E-state index in [-0.39, 0.29) is 12.4 Å². The molecule has 2 N–H and O–H groups in total. The molecule has 0 amide bonds. The number of benzene rings is 2.